The van der Waals surface area contributed by atoms with Crippen LogP contribution < -0.4 is 4.90 Å². The second-order valence-corrected chi connectivity index (χ2v) is 6.79. The molecule has 1 aliphatic heterocycles. The van der Waals surface area contributed by atoms with Crippen molar-refractivity contribution in [1.82, 2.24) is 30.0 Å². The van der Waals surface area contributed by atoms with E-state index >= 15 is 0 Å². The molecule has 28 heavy (non-hydrogen) atoms. The highest BCUT2D eigenvalue weighted by atomic mass is 16.5. The molecule has 0 aliphatic carbocycles. The normalized spacial score (nSPS) is 19.6. The molecule has 1 aliphatic rings. The van der Waals surface area contributed by atoms with Crippen LogP contribution in [0.25, 0.3) is 17.0 Å². The van der Waals surface area contributed by atoms with E-state index in [0.29, 0.717) is 29.7 Å². The molecule has 0 amide bonds. The zero-order valence-corrected chi connectivity index (χ0v) is 15.6. The first-order chi connectivity index (χ1) is 13.7. The van der Waals surface area contributed by atoms with Crippen LogP contribution >= 0.6 is 0 Å². The summed E-state index contributed by atoms with van der Waals surface area (Å²) in [7, 11) is 1.72. The topological polar surface area (TPSA) is 94.5 Å². The number of hydrogen-bond donors (Lipinski definition) is 0. The summed E-state index contributed by atoms with van der Waals surface area (Å²) in [6.07, 6.45) is 0.815. The molecule has 2 atom stereocenters. The van der Waals surface area contributed by atoms with E-state index in [1.54, 1.807) is 11.6 Å². The lowest BCUT2D eigenvalue weighted by atomic mass is 10.2. The van der Waals surface area contributed by atoms with Gasteiger partial charge >= 0.3 is 0 Å². The Labute approximate surface area is 161 Å². The number of methoxy groups -OCH3 is 1. The molecule has 142 valence electrons. The summed E-state index contributed by atoms with van der Waals surface area (Å²) in [6.45, 7) is 2.50. The third-order valence-corrected chi connectivity index (χ3v) is 5.00. The lowest BCUT2D eigenvalue weighted by Gasteiger charge is -2.22. The summed E-state index contributed by atoms with van der Waals surface area (Å²) in [5.41, 5.74) is 1.65. The number of fused-ring (bicyclic) bond motifs is 1. The Morgan fingerprint density at radius 3 is 2.71 bits per heavy atom. The van der Waals surface area contributed by atoms with Crippen molar-refractivity contribution in [3.63, 3.8) is 0 Å². The second kappa shape index (κ2) is 6.68. The Kier molecular flexibility index (Phi) is 4.01. The molecule has 0 N–H and O–H groups in total. The molecule has 0 saturated carbocycles. The fourth-order valence-electron chi connectivity index (χ4n) is 3.60. The minimum atomic E-state index is -0.0900. The fourth-order valence-corrected chi connectivity index (χ4v) is 3.60. The SMILES string of the molecule is COC1CC(c2nc(C)no2)N(c2ccc3nnc(-c4ccccc4)n3n2)C1. The quantitative estimate of drug-likeness (QED) is 0.535. The third kappa shape index (κ3) is 2.80. The van der Waals surface area contributed by atoms with Crippen molar-refractivity contribution in [2.24, 2.45) is 0 Å². The van der Waals surface area contributed by atoms with Crippen molar-refractivity contribution in [3.05, 3.63) is 54.2 Å². The van der Waals surface area contributed by atoms with E-state index in [9.17, 15) is 0 Å². The number of anilines is 1. The highest BCUT2D eigenvalue weighted by molar-refractivity contribution is 5.59. The summed E-state index contributed by atoms with van der Waals surface area (Å²) >= 11 is 0. The molecule has 1 aromatic carbocycles. The maximum atomic E-state index is 5.60. The fraction of sp³-hybridized carbons (Fsp3) is 0.316. The number of ether oxygens (including phenoxy) is 1. The number of benzene rings is 1. The first kappa shape index (κ1) is 16.8. The highest BCUT2D eigenvalue weighted by Crippen LogP contribution is 2.35. The molecule has 1 saturated heterocycles. The number of nitrogens with zero attached hydrogens (tertiary/aromatic N) is 7. The van der Waals surface area contributed by atoms with Crippen LogP contribution in [0.4, 0.5) is 5.82 Å². The first-order valence-corrected chi connectivity index (χ1v) is 9.10. The average molecular weight is 377 g/mol. The molecule has 9 nitrogen and oxygen atoms in total. The van der Waals surface area contributed by atoms with Crippen LogP contribution in [0, 0.1) is 6.92 Å². The van der Waals surface area contributed by atoms with Crippen LogP contribution in [0.5, 0.6) is 0 Å². The number of hydrogen-bond acceptors (Lipinski definition) is 8. The molecule has 9 heteroatoms. The lowest BCUT2D eigenvalue weighted by molar-refractivity contribution is 0.117. The zero-order chi connectivity index (χ0) is 19.1. The van der Waals surface area contributed by atoms with Crippen LogP contribution in [0.15, 0.2) is 47.0 Å². The van der Waals surface area contributed by atoms with Gasteiger partial charge in [-0.3, -0.25) is 0 Å². The van der Waals surface area contributed by atoms with E-state index in [-0.39, 0.29) is 12.1 Å². The van der Waals surface area contributed by atoms with E-state index in [4.69, 9.17) is 14.4 Å². The Morgan fingerprint density at radius 1 is 1.11 bits per heavy atom. The predicted octanol–water partition coefficient (Wildman–Crippen LogP) is 2.45. The summed E-state index contributed by atoms with van der Waals surface area (Å²) < 4.78 is 12.8. The maximum Gasteiger partial charge on any atom is 0.249 e. The molecule has 0 radical (unpaired) electrons. The Bertz CT molecular complexity index is 1110. The van der Waals surface area contributed by atoms with E-state index in [0.717, 1.165) is 17.8 Å². The van der Waals surface area contributed by atoms with Gasteiger partial charge in [-0.2, -0.15) is 9.50 Å². The Morgan fingerprint density at radius 2 is 1.96 bits per heavy atom. The Balaban J connectivity index is 1.57. The number of rotatable bonds is 4. The van der Waals surface area contributed by atoms with E-state index in [1.807, 2.05) is 49.4 Å². The van der Waals surface area contributed by atoms with Crippen molar-refractivity contribution in [2.75, 3.05) is 18.6 Å². The van der Waals surface area contributed by atoms with Gasteiger partial charge in [0.1, 0.15) is 6.04 Å². The van der Waals surface area contributed by atoms with Gasteiger partial charge in [0.15, 0.2) is 23.1 Å². The van der Waals surface area contributed by atoms with E-state index in [1.165, 1.54) is 0 Å². The maximum absolute atomic E-state index is 5.60. The number of aromatic nitrogens is 6. The summed E-state index contributed by atoms with van der Waals surface area (Å²) in [5.74, 6) is 2.67. The molecule has 0 spiro atoms. The molecule has 4 heterocycles. The molecule has 1 fully saturated rings. The van der Waals surface area contributed by atoms with Crippen LogP contribution in [-0.2, 0) is 4.74 Å². The summed E-state index contributed by atoms with van der Waals surface area (Å²) in [5, 5.41) is 17.3. The largest absolute Gasteiger partial charge is 0.380 e. The minimum absolute atomic E-state index is 0.0595. The van der Waals surface area contributed by atoms with Crippen LogP contribution in [-0.4, -0.2) is 49.7 Å². The van der Waals surface area contributed by atoms with Crippen LogP contribution in [0.3, 0.4) is 0 Å². The van der Waals surface area contributed by atoms with Crippen LogP contribution in [0.2, 0.25) is 0 Å². The van der Waals surface area contributed by atoms with Gasteiger partial charge in [-0.15, -0.1) is 15.3 Å². The van der Waals surface area contributed by atoms with Crippen molar-refractivity contribution >= 4 is 11.5 Å². The second-order valence-electron chi connectivity index (χ2n) is 6.79. The zero-order valence-electron chi connectivity index (χ0n) is 15.6. The molecule has 4 aromatic rings. The van der Waals surface area contributed by atoms with E-state index < -0.39 is 0 Å². The van der Waals surface area contributed by atoms with Gasteiger partial charge in [0.2, 0.25) is 5.89 Å². The first-order valence-electron chi connectivity index (χ1n) is 9.10. The highest BCUT2D eigenvalue weighted by Gasteiger charge is 2.38. The van der Waals surface area contributed by atoms with Gasteiger partial charge in [0.25, 0.3) is 0 Å². The van der Waals surface area contributed by atoms with Crippen molar-refractivity contribution in [2.45, 2.75) is 25.5 Å². The molecular formula is C19H19N7O2. The standard InChI is InChI=1S/C19H19N7O2/c1-12-20-19(28-24-12)15-10-14(27-2)11-25(15)17-9-8-16-21-22-18(26(16)23-17)13-6-4-3-5-7-13/h3-9,14-15H,10-11H2,1-2H3. The van der Waals surface area contributed by atoms with Crippen molar-refractivity contribution < 1.29 is 9.26 Å². The predicted molar refractivity (Wildman–Crippen MR) is 101 cm³/mol. The van der Waals surface area contributed by atoms with Gasteiger partial charge in [-0.25, -0.2) is 0 Å². The third-order valence-electron chi connectivity index (χ3n) is 5.00. The van der Waals surface area contributed by atoms with Gasteiger partial charge in [0.05, 0.1) is 6.10 Å². The molecule has 3 aromatic heterocycles. The molecular weight excluding hydrogens is 358 g/mol. The average Bonchev–Trinajstić information content (AvgIpc) is 3.45. The number of aryl methyl sites for hydroxylation is 1. The summed E-state index contributed by atoms with van der Waals surface area (Å²) in [6, 6.07) is 13.7. The van der Waals surface area contributed by atoms with Gasteiger partial charge in [0, 0.05) is 25.6 Å². The minimum Gasteiger partial charge on any atom is -0.380 e. The van der Waals surface area contributed by atoms with Gasteiger partial charge < -0.3 is 14.2 Å². The molecule has 5 rings (SSSR count). The monoisotopic (exact) mass is 377 g/mol. The van der Waals surface area contributed by atoms with Crippen LogP contribution in [0.1, 0.15) is 24.2 Å². The molecule has 0 bridgehead atoms. The van der Waals surface area contributed by atoms with Crippen molar-refractivity contribution in [3.8, 4) is 11.4 Å². The Hall–Kier alpha value is -3.33. The smallest absolute Gasteiger partial charge is 0.249 e. The van der Waals surface area contributed by atoms with Gasteiger partial charge in [-0.1, -0.05) is 35.5 Å². The molecule has 2 unspecified atom stereocenters. The van der Waals surface area contributed by atoms with Crippen molar-refractivity contribution in [1.29, 1.82) is 0 Å². The lowest BCUT2D eigenvalue weighted by Crippen LogP contribution is -2.26. The van der Waals surface area contributed by atoms with E-state index in [2.05, 4.69) is 25.2 Å². The van der Waals surface area contributed by atoms with Gasteiger partial charge in [-0.05, 0) is 19.1 Å². The summed E-state index contributed by atoms with van der Waals surface area (Å²) in [4.78, 5) is 6.55.